The Balaban J connectivity index is 1.73. The number of aryl methyl sites for hydroxylation is 2. The van der Waals surface area contributed by atoms with Gasteiger partial charge in [-0.1, -0.05) is 0 Å². The normalized spacial score (nSPS) is 18.2. The van der Waals surface area contributed by atoms with Gasteiger partial charge in [0, 0.05) is 24.6 Å². The molecule has 0 saturated carbocycles. The average molecular weight is 325 g/mol. The number of aromatic nitrogens is 4. The largest absolute Gasteiger partial charge is 0.438 e. The fourth-order valence-electron chi connectivity index (χ4n) is 3.38. The minimum Gasteiger partial charge on any atom is -0.438 e. The number of hydrogen-bond acceptors (Lipinski definition) is 5. The molecule has 0 spiro atoms. The van der Waals surface area contributed by atoms with Gasteiger partial charge in [-0.15, -0.1) is 0 Å². The molecule has 1 aliphatic rings. The number of carbonyl (C=O) groups is 1. The lowest BCUT2D eigenvalue weighted by Gasteiger charge is -2.35. The molecule has 0 aliphatic carbocycles. The van der Waals surface area contributed by atoms with Crippen molar-refractivity contribution in [3.05, 3.63) is 47.7 Å². The van der Waals surface area contributed by atoms with E-state index in [2.05, 4.69) is 15.0 Å². The molecule has 7 nitrogen and oxygen atoms in total. The monoisotopic (exact) mass is 325 g/mol. The first-order chi connectivity index (χ1) is 11.6. The number of carbonyl (C=O) groups excluding carboxylic acids is 1. The highest BCUT2D eigenvalue weighted by Crippen LogP contribution is 2.32. The molecule has 3 aromatic rings. The summed E-state index contributed by atoms with van der Waals surface area (Å²) >= 11 is 0. The van der Waals surface area contributed by atoms with Crippen LogP contribution in [0.25, 0.3) is 5.78 Å². The number of piperidine rings is 1. The Morgan fingerprint density at radius 1 is 1.29 bits per heavy atom. The van der Waals surface area contributed by atoms with E-state index in [1.165, 1.54) is 6.39 Å². The highest BCUT2D eigenvalue weighted by molar-refractivity contribution is 5.92. The molecule has 0 bridgehead atoms. The number of hydrogen-bond donors (Lipinski definition) is 0. The second-order valence-electron chi connectivity index (χ2n) is 6.20. The number of likely N-dealkylation sites (tertiary alicyclic amines) is 1. The molecular weight excluding hydrogens is 306 g/mol. The molecule has 124 valence electrons. The van der Waals surface area contributed by atoms with Crippen molar-refractivity contribution in [3.63, 3.8) is 0 Å². The van der Waals surface area contributed by atoms with Crippen LogP contribution in [-0.2, 0) is 0 Å². The molecule has 1 amide bonds. The van der Waals surface area contributed by atoms with E-state index < -0.39 is 0 Å². The van der Waals surface area contributed by atoms with Gasteiger partial charge in [-0.3, -0.25) is 9.20 Å². The minimum atomic E-state index is -0.114. The molecular formula is C17H19N5O2. The third-order valence-electron chi connectivity index (χ3n) is 4.63. The van der Waals surface area contributed by atoms with Crippen LogP contribution in [-0.4, -0.2) is 36.7 Å². The predicted octanol–water partition coefficient (Wildman–Crippen LogP) is 2.70. The van der Waals surface area contributed by atoms with Gasteiger partial charge >= 0.3 is 0 Å². The minimum absolute atomic E-state index is 0.0591. The molecule has 1 unspecified atom stereocenters. The van der Waals surface area contributed by atoms with Crippen LogP contribution in [0.4, 0.5) is 0 Å². The quantitative estimate of drug-likeness (QED) is 0.724. The Hall–Kier alpha value is -2.70. The molecule has 24 heavy (non-hydrogen) atoms. The Bertz CT molecular complexity index is 897. The average Bonchev–Trinajstić information content (AvgIpc) is 3.23. The summed E-state index contributed by atoms with van der Waals surface area (Å²) in [6, 6.07) is 1.98. The van der Waals surface area contributed by atoms with E-state index in [0.29, 0.717) is 23.8 Å². The summed E-state index contributed by atoms with van der Waals surface area (Å²) in [5.41, 5.74) is 2.56. The molecule has 1 saturated heterocycles. The number of amides is 1. The summed E-state index contributed by atoms with van der Waals surface area (Å²) in [7, 11) is 0. The summed E-state index contributed by atoms with van der Waals surface area (Å²) in [6.45, 7) is 4.51. The first kappa shape index (κ1) is 14.9. The van der Waals surface area contributed by atoms with E-state index in [0.717, 1.165) is 30.7 Å². The van der Waals surface area contributed by atoms with Gasteiger partial charge in [0.25, 0.3) is 5.91 Å². The highest BCUT2D eigenvalue weighted by atomic mass is 16.3. The topological polar surface area (TPSA) is 76.5 Å². The molecule has 1 atom stereocenters. The Kier molecular flexibility index (Phi) is 3.55. The Morgan fingerprint density at radius 2 is 2.17 bits per heavy atom. The highest BCUT2D eigenvalue weighted by Gasteiger charge is 2.32. The summed E-state index contributed by atoms with van der Waals surface area (Å²) in [4.78, 5) is 27.8. The van der Waals surface area contributed by atoms with E-state index in [1.54, 1.807) is 13.1 Å². The number of oxazole rings is 1. The maximum atomic E-state index is 12.9. The van der Waals surface area contributed by atoms with Crippen molar-refractivity contribution in [1.82, 2.24) is 24.3 Å². The van der Waals surface area contributed by atoms with Gasteiger partial charge in [-0.25, -0.2) is 15.0 Å². The van der Waals surface area contributed by atoms with Crippen LogP contribution in [0.3, 0.4) is 0 Å². The molecule has 0 radical (unpaired) electrons. The van der Waals surface area contributed by atoms with Crippen LogP contribution in [0.2, 0.25) is 0 Å². The third-order valence-corrected chi connectivity index (χ3v) is 4.63. The van der Waals surface area contributed by atoms with Gasteiger partial charge in [0.15, 0.2) is 6.39 Å². The maximum Gasteiger partial charge on any atom is 0.292 e. The number of fused-ring (bicyclic) bond motifs is 1. The van der Waals surface area contributed by atoms with E-state index in [1.807, 2.05) is 28.5 Å². The summed E-state index contributed by atoms with van der Waals surface area (Å²) in [6.07, 6.45) is 7.90. The lowest BCUT2D eigenvalue weighted by molar-refractivity contribution is 0.0572. The van der Waals surface area contributed by atoms with Gasteiger partial charge in [-0.2, -0.15) is 0 Å². The van der Waals surface area contributed by atoms with Crippen molar-refractivity contribution in [2.75, 3.05) is 6.54 Å². The fourth-order valence-corrected chi connectivity index (χ4v) is 3.38. The van der Waals surface area contributed by atoms with Gasteiger partial charge < -0.3 is 9.32 Å². The molecule has 7 heteroatoms. The van der Waals surface area contributed by atoms with Gasteiger partial charge in [-0.05, 0) is 39.2 Å². The standard InChI is InChI=1S/C17H19N5O2/c1-11-9-13(20-17-18-6-8-21(11)17)14-5-3-4-7-22(14)16(23)15-12(2)19-10-24-15/h6,8-10,14H,3-5,7H2,1-2H3. The van der Waals surface area contributed by atoms with Crippen molar-refractivity contribution in [1.29, 1.82) is 0 Å². The van der Waals surface area contributed by atoms with Crippen LogP contribution >= 0.6 is 0 Å². The molecule has 4 heterocycles. The molecule has 3 aromatic heterocycles. The Labute approximate surface area is 139 Å². The predicted molar refractivity (Wildman–Crippen MR) is 86.6 cm³/mol. The van der Waals surface area contributed by atoms with E-state index >= 15 is 0 Å². The first-order valence-electron chi connectivity index (χ1n) is 8.17. The number of nitrogens with zero attached hydrogens (tertiary/aromatic N) is 5. The molecule has 0 N–H and O–H groups in total. The summed E-state index contributed by atoms with van der Waals surface area (Å²) in [5.74, 6) is 0.872. The van der Waals surface area contributed by atoms with Gasteiger partial charge in [0.1, 0.15) is 0 Å². The first-order valence-corrected chi connectivity index (χ1v) is 8.17. The van der Waals surface area contributed by atoms with Crippen LogP contribution in [0.5, 0.6) is 0 Å². The lowest BCUT2D eigenvalue weighted by atomic mass is 9.98. The molecule has 0 aromatic carbocycles. The zero-order valence-electron chi connectivity index (χ0n) is 13.8. The molecule has 1 fully saturated rings. The van der Waals surface area contributed by atoms with Gasteiger partial charge in [0.2, 0.25) is 11.5 Å². The van der Waals surface area contributed by atoms with Crippen LogP contribution in [0.1, 0.15) is 52.9 Å². The summed E-state index contributed by atoms with van der Waals surface area (Å²) < 4.78 is 7.25. The zero-order valence-corrected chi connectivity index (χ0v) is 13.8. The SMILES string of the molecule is Cc1ncoc1C(=O)N1CCCCC1c1cc(C)n2ccnc2n1. The lowest BCUT2D eigenvalue weighted by Crippen LogP contribution is -2.39. The van der Waals surface area contributed by atoms with E-state index in [-0.39, 0.29) is 11.9 Å². The maximum absolute atomic E-state index is 12.9. The fraction of sp³-hybridized carbons (Fsp3) is 0.412. The smallest absolute Gasteiger partial charge is 0.292 e. The van der Waals surface area contributed by atoms with Crippen molar-refractivity contribution in [2.45, 2.75) is 39.2 Å². The second kappa shape index (κ2) is 5.74. The summed E-state index contributed by atoms with van der Waals surface area (Å²) in [5, 5.41) is 0. The van der Waals surface area contributed by atoms with Crippen molar-refractivity contribution >= 4 is 11.7 Å². The van der Waals surface area contributed by atoms with Crippen molar-refractivity contribution in [3.8, 4) is 0 Å². The van der Waals surface area contributed by atoms with E-state index in [4.69, 9.17) is 4.42 Å². The van der Waals surface area contributed by atoms with Crippen molar-refractivity contribution < 1.29 is 9.21 Å². The van der Waals surface area contributed by atoms with Crippen LogP contribution in [0, 0.1) is 13.8 Å². The van der Waals surface area contributed by atoms with Gasteiger partial charge in [0.05, 0.1) is 17.4 Å². The zero-order chi connectivity index (χ0) is 16.7. The second-order valence-corrected chi connectivity index (χ2v) is 6.20. The number of imidazole rings is 1. The molecule has 4 rings (SSSR count). The van der Waals surface area contributed by atoms with Crippen molar-refractivity contribution in [2.24, 2.45) is 0 Å². The van der Waals surface area contributed by atoms with E-state index in [9.17, 15) is 4.79 Å². The third kappa shape index (κ3) is 2.36. The molecule has 1 aliphatic heterocycles. The Morgan fingerprint density at radius 3 is 2.96 bits per heavy atom. The number of rotatable bonds is 2. The van der Waals surface area contributed by atoms with Crippen LogP contribution < -0.4 is 0 Å². The van der Waals surface area contributed by atoms with Crippen LogP contribution in [0.15, 0.2) is 29.3 Å².